The van der Waals surface area contributed by atoms with Crippen LogP contribution < -0.4 is 0 Å². The number of hydrogen-bond acceptors (Lipinski definition) is 1. The molecule has 0 aliphatic rings. The van der Waals surface area contributed by atoms with Gasteiger partial charge in [-0.2, -0.15) is 0 Å². The molecular weight excluding hydrogens is 74.1 g/mol. The quantitative estimate of drug-likeness (QED) is 0.383. The highest BCUT2D eigenvalue weighted by Gasteiger charge is 1.57. The monoisotopic (exact) mass is 81.1 g/mol. The average Bonchev–Trinajstić information content (AvgIpc) is 1.61. The second kappa shape index (κ2) is 4.19. The van der Waals surface area contributed by atoms with E-state index < -0.39 is 0 Å². The molecule has 0 atom stereocenters. The van der Waals surface area contributed by atoms with Crippen molar-refractivity contribution in [2.24, 2.45) is 0 Å². The lowest BCUT2D eigenvalue weighted by atomic mass is 10.4. The summed E-state index contributed by atoms with van der Waals surface area (Å²) in [7, 11) is 0. The van der Waals surface area contributed by atoms with E-state index >= 15 is 0 Å². The van der Waals surface area contributed by atoms with Crippen LogP contribution in [-0.2, 0) is 0 Å². The molecule has 0 rings (SSSR count). The van der Waals surface area contributed by atoms with Crippen molar-refractivity contribution >= 4 is 6.21 Å². The fourth-order valence-electron chi connectivity index (χ4n) is 0.142. The molecule has 1 nitrogen and oxygen atoms in total. The van der Waals surface area contributed by atoms with E-state index in [-0.39, 0.29) is 0 Å². The largest absolute Gasteiger partial charge is 0.313 e. The Morgan fingerprint density at radius 2 is 2.50 bits per heavy atom. The van der Waals surface area contributed by atoms with Crippen LogP contribution in [0.4, 0.5) is 0 Å². The molecule has 32 valence electrons. The van der Waals surface area contributed by atoms with E-state index in [1.807, 2.05) is 0 Å². The molecule has 0 unspecified atom stereocenters. The number of rotatable bonds is 2. The Labute approximate surface area is 37.5 Å². The van der Waals surface area contributed by atoms with Crippen molar-refractivity contribution in [1.82, 2.24) is 0 Å². The molecule has 0 saturated carbocycles. The lowest BCUT2D eigenvalue weighted by Gasteiger charge is -1.64. The minimum Gasteiger partial charge on any atom is -0.313 e. The molecule has 0 fully saturated rings. The first kappa shape index (κ1) is 5.19. The van der Waals surface area contributed by atoms with Crippen molar-refractivity contribution in [3.63, 3.8) is 0 Å². The van der Waals surface area contributed by atoms with Crippen molar-refractivity contribution in [3.05, 3.63) is 18.4 Å². The van der Waals surface area contributed by atoms with Crippen LogP contribution in [0.1, 0.15) is 6.42 Å². The third-order valence-electron chi connectivity index (χ3n) is 0.380. The highest BCUT2D eigenvalue weighted by Crippen LogP contribution is 1.67. The molecule has 0 heterocycles. The first-order chi connectivity index (χ1) is 2.91. The Hall–Kier alpha value is -0.810. The average molecular weight is 81.1 g/mol. The molecule has 1 heteroatoms. The molecule has 0 aromatic heterocycles. The van der Waals surface area contributed by atoms with Gasteiger partial charge in [-0.25, -0.2) is 0 Å². The van der Waals surface area contributed by atoms with Crippen LogP contribution >= 0.6 is 0 Å². The second-order valence-electron chi connectivity index (χ2n) is 0.848. The molecule has 0 bridgehead atoms. The molecular formula is C5H7N. The Morgan fingerprint density at radius 3 is 2.67 bits per heavy atom. The Balaban J connectivity index is 3.07. The van der Waals surface area contributed by atoms with E-state index in [9.17, 15) is 0 Å². The van der Waals surface area contributed by atoms with Gasteiger partial charge in [-0.15, -0.1) is 5.73 Å². The number of nitrogens with one attached hydrogen (secondary N) is 1. The summed E-state index contributed by atoms with van der Waals surface area (Å²) in [6.45, 7) is 3.31. The predicted octanol–water partition coefficient (Wildman–Crippen LogP) is 1.37. The summed E-state index contributed by atoms with van der Waals surface area (Å²) >= 11 is 0. The van der Waals surface area contributed by atoms with E-state index in [2.05, 4.69) is 12.3 Å². The second-order valence-corrected chi connectivity index (χ2v) is 0.848. The molecule has 0 aromatic rings. The summed E-state index contributed by atoms with van der Waals surface area (Å²) in [6.07, 6.45) is 3.66. The van der Waals surface area contributed by atoms with E-state index in [0.29, 0.717) is 6.42 Å². The number of hydrogen-bond donors (Lipinski definition) is 1. The lowest BCUT2D eigenvalue weighted by molar-refractivity contribution is 1.44. The first-order valence-corrected chi connectivity index (χ1v) is 1.75. The van der Waals surface area contributed by atoms with Crippen LogP contribution in [0.25, 0.3) is 0 Å². The fraction of sp³-hybridized carbons (Fsp3) is 0.200. The standard InChI is InChI=1S/C5H7N/c1-2-3-4-5-6/h3,5-6H,1,4H2. The fourth-order valence-corrected chi connectivity index (χ4v) is 0.142. The van der Waals surface area contributed by atoms with Gasteiger partial charge in [0.25, 0.3) is 0 Å². The van der Waals surface area contributed by atoms with E-state index in [1.165, 1.54) is 6.21 Å². The predicted molar refractivity (Wildman–Crippen MR) is 27.1 cm³/mol. The minimum atomic E-state index is 0.656. The van der Waals surface area contributed by atoms with Crippen LogP contribution in [0.15, 0.2) is 18.4 Å². The Bertz CT molecular complexity index is 77.9. The van der Waals surface area contributed by atoms with Gasteiger partial charge < -0.3 is 5.41 Å². The topological polar surface area (TPSA) is 23.9 Å². The molecule has 1 N–H and O–H groups in total. The summed E-state index contributed by atoms with van der Waals surface area (Å²) in [6, 6.07) is 0. The van der Waals surface area contributed by atoms with Gasteiger partial charge in [-0.05, 0) is 12.3 Å². The summed E-state index contributed by atoms with van der Waals surface area (Å²) in [5.74, 6) is 0. The van der Waals surface area contributed by atoms with E-state index in [1.54, 1.807) is 6.08 Å². The zero-order valence-electron chi connectivity index (χ0n) is 3.57. The highest BCUT2D eigenvalue weighted by molar-refractivity contribution is 5.54. The molecule has 0 amide bonds. The maximum atomic E-state index is 6.48. The zero-order valence-corrected chi connectivity index (χ0v) is 3.57. The maximum absolute atomic E-state index is 6.48. The Kier molecular flexibility index (Phi) is 3.62. The molecule has 0 aliphatic carbocycles. The van der Waals surface area contributed by atoms with Gasteiger partial charge >= 0.3 is 0 Å². The molecule has 6 heavy (non-hydrogen) atoms. The van der Waals surface area contributed by atoms with Gasteiger partial charge in [0.1, 0.15) is 0 Å². The maximum Gasteiger partial charge on any atom is 0.00757 e. The first-order valence-electron chi connectivity index (χ1n) is 1.75. The molecule has 0 aromatic carbocycles. The Morgan fingerprint density at radius 1 is 1.83 bits per heavy atom. The minimum absolute atomic E-state index is 0.656. The summed E-state index contributed by atoms with van der Waals surface area (Å²) < 4.78 is 0. The van der Waals surface area contributed by atoms with Crippen LogP contribution in [0, 0.1) is 5.41 Å². The van der Waals surface area contributed by atoms with E-state index in [0.717, 1.165) is 0 Å². The van der Waals surface area contributed by atoms with Crippen molar-refractivity contribution in [1.29, 1.82) is 5.41 Å². The van der Waals surface area contributed by atoms with Crippen LogP contribution in [0.3, 0.4) is 0 Å². The summed E-state index contributed by atoms with van der Waals surface area (Å²) in [4.78, 5) is 0. The number of allylic oxidation sites excluding steroid dienone is 1. The van der Waals surface area contributed by atoms with Crippen LogP contribution in [-0.4, -0.2) is 6.21 Å². The highest BCUT2D eigenvalue weighted by atomic mass is 14.3. The smallest absolute Gasteiger partial charge is 0.00757 e. The molecule has 0 radical (unpaired) electrons. The lowest BCUT2D eigenvalue weighted by Crippen LogP contribution is -1.58. The normalized spacial score (nSPS) is 6.00. The van der Waals surface area contributed by atoms with Crippen molar-refractivity contribution < 1.29 is 0 Å². The molecule has 0 aliphatic heterocycles. The summed E-state index contributed by atoms with van der Waals surface area (Å²) in [5.41, 5.74) is 2.54. The third kappa shape index (κ3) is 3.19. The van der Waals surface area contributed by atoms with Crippen molar-refractivity contribution in [2.75, 3.05) is 0 Å². The van der Waals surface area contributed by atoms with Crippen LogP contribution in [0.2, 0.25) is 0 Å². The zero-order chi connectivity index (χ0) is 4.83. The van der Waals surface area contributed by atoms with Gasteiger partial charge in [0.2, 0.25) is 0 Å². The van der Waals surface area contributed by atoms with E-state index in [4.69, 9.17) is 5.41 Å². The van der Waals surface area contributed by atoms with Gasteiger partial charge in [0, 0.05) is 6.42 Å². The van der Waals surface area contributed by atoms with Gasteiger partial charge in [-0.3, -0.25) is 0 Å². The van der Waals surface area contributed by atoms with Crippen molar-refractivity contribution in [2.45, 2.75) is 6.42 Å². The van der Waals surface area contributed by atoms with Crippen LogP contribution in [0.5, 0.6) is 0 Å². The summed E-state index contributed by atoms with van der Waals surface area (Å²) in [5, 5.41) is 6.48. The van der Waals surface area contributed by atoms with Gasteiger partial charge in [-0.1, -0.05) is 6.58 Å². The van der Waals surface area contributed by atoms with Crippen molar-refractivity contribution in [3.8, 4) is 0 Å². The molecule has 0 spiro atoms. The van der Waals surface area contributed by atoms with Gasteiger partial charge in [0.05, 0.1) is 0 Å². The molecule has 0 saturated heterocycles. The SMILES string of the molecule is C=C=CCC=N. The third-order valence-corrected chi connectivity index (χ3v) is 0.380. The van der Waals surface area contributed by atoms with Gasteiger partial charge in [0.15, 0.2) is 0 Å².